The maximum absolute atomic E-state index is 11.4. The van der Waals surface area contributed by atoms with E-state index < -0.39 is 21.0 Å². The Kier molecular flexibility index (Phi) is 4.71. The molecule has 1 rings (SSSR count). The summed E-state index contributed by atoms with van der Waals surface area (Å²) in [6, 6.07) is -0.143. The molecule has 1 aliphatic heterocycles. The molecule has 17 heavy (non-hydrogen) atoms. The lowest BCUT2D eigenvalue weighted by atomic mass is 9.84. The summed E-state index contributed by atoms with van der Waals surface area (Å²) in [5.41, 5.74) is -0.889. The third-order valence-corrected chi connectivity index (χ3v) is 4.84. The van der Waals surface area contributed by atoms with Gasteiger partial charge in [0, 0.05) is 12.6 Å². The van der Waals surface area contributed by atoms with Crippen LogP contribution < -0.4 is 5.32 Å². The van der Waals surface area contributed by atoms with Crippen molar-refractivity contribution in [3.8, 4) is 0 Å². The van der Waals surface area contributed by atoms with Crippen LogP contribution in [-0.2, 0) is 14.9 Å². The molecule has 3 atom stereocenters. The number of morpholine rings is 1. The smallest absolute Gasteiger partial charge is 0.270 e. The van der Waals surface area contributed by atoms with Gasteiger partial charge in [-0.25, -0.2) is 0 Å². The molecule has 3 unspecified atom stereocenters. The van der Waals surface area contributed by atoms with E-state index in [1.54, 1.807) is 6.08 Å². The minimum Gasteiger partial charge on any atom is -0.371 e. The van der Waals surface area contributed by atoms with Crippen LogP contribution in [0.1, 0.15) is 26.7 Å². The van der Waals surface area contributed by atoms with Gasteiger partial charge >= 0.3 is 0 Å². The summed E-state index contributed by atoms with van der Waals surface area (Å²) in [5.74, 6) is 0. The van der Waals surface area contributed by atoms with Crippen LogP contribution in [0, 0.1) is 0 Å². The van der Waals surface area contributed by atoms with E-state index in [1.165, 1.54) is 6.92 Å². The number of rotatable bonds is 5. The summed E-state index contributed by atoms with van der Waals surface area (Å²) in [7, 11) is -4.12. The highest BCUT2D eigenvalue weighted by atomic mass is 32.2. The van der Waals surface area contributed by atoms with Crippen LogP contribution >= 0.6 is 0 Å². The zero-order chi connectivity index (χ0) is 13.1. The highest BCUT2D eigenvalue weighted by molar-refractivity contribution is 7.86. The fraction of sp³-hybridized carbons (Fsp3) is 0.818. The van der Waals surface area contributed by atoms with Crippen LogP contribution in [0.4, 0.5) is 0 Å². The molecule has 0 radical (unpaired) electrons. The number of hydrogen-bond acceptors (Lipinski definition) is 4. The molecular formula is C11H21NO4S. The summed E-state index contributed by atoms with van der Waals surface area (Å²) in [4.78, 5) is 0. The molecule has 2 N–H and O–H groups in total. The van der Waals surface area contributed by atoms with Gasteiger partial charge in [0.15, 0.2) is 0 Å². The fourth-order valence-electron chi connectivity index (χ4n) is 2.49. The van der Waals surface area contributed by atoms with E-state index in [2.05, 4.69) is 11.9 Å². The first-order valence-corrected chi connectivity index (χ1v) is 7.33. The van der Waals surface area contributed by atoms with Gasteiger partial charge in [0.2, 0.25) is 0 Å². The second-order valence-corrected chi connectivity index (χ2v) is 6.08. The molecule has 1 aliphatic rings. The Bertz CT molecular complexity index is 368. The van der Waals surface area contributed by atoms with Crippen molar-refractivity contribution >= 4 is 10.1 Å². The monoisotopic (exact) mass is 263 g/mol. The van der Waals surface area contributed by atoms with Crippen LogP contribution in [0.5, 0.6) is 0 Å². The van der Waals surface area contributed by atoms with E-state index in [0.717, 1.165) is 0 Å². The summed E-state index contributed by atoms with van der Waals surface area (Å²) in [6.07, 6.45) is 2.85. The highest BCUT2D eigenvalue weighted by Crippen LogP contribution is 2.33. The second kappa shape index (κ2) is 5.48. The van der Waals surface area contributed by atoms with Crippen molar-refractivity contribution < 1.29 is 17.7 Å². The number of hydrogen-bond donors (Lipinski definition) is 2. The molecule has 0 aliphatic carbocycles. The molecule has 1 heterocycles. The van der Waals surface area contributed by atoms with Gasteiger partial charge in [-0.05, 0) is 19.8 Å². The molecule has 1 fully saturated rings. The van der Waals surface area contributed by atoms with E-state index in [4.69, 9.17) is 4.74 Å². The standard InChI is InChI=1S/C11H21NO4S/c1-4-6-10-11(5-2,16-8-7-12-10)9(3)17(13,14)15/h4,9-10,12H,1,5-8H2,2-3H3,(H,13,14,15). The minimum atomic E-state index is -4.12. The first-order valence-electron chi connectivity index (χ1n) is 5.83. The zero-order valence-electron chi connectivity index (χ0n) is 10.3. The molecule has 0 aromatic heterocycles. The largest absolute Gasteiger partial charge is 0.371 e. The van der Waals surface area contributed by atoms with Gasteiger partial charge in [0.1, 0.15) is 10.9 Å². The Hall–Kier alpha value is -0.430. The van der Waals surface area contributed by atoms with Crippen LogP contribution in [0.2, 0.25) is 0 Å². The lowest BCUT2D eigenvalue weighted by Gasteiger charge is -2.46. The van der Waals surface area contributed by atoms with Gasteiger partial charge in [0.25, 0.3) is 10.1 Å². The van der Waals surface area contributed by atoms with Crippen molar-refractivity contribution in [2.45, 2.75) is 43.6 Å². The predicted molar refractivity (Wildman–Crippen MR) is 66.6 cm³/mol. The molecule has 0 amide bonds. The summed E-state index contributed by atoms with van der Waals surface area (Å²) >= 11 is 0. The van der Waals surface area contributed by atoms with E-state index in [-0.39, 0.29) is 6.04 Å². The van der Waals surface area contributed by atoms with E-state index in [9.17, 15) is 13.0 Å². The topological polar surface area (TPSA) is 75.6 Å². The van der Waals surface area contributed by atoms with Crippen molar-refractivity contribution in [3.05, 3.63) is 12.7 Å². The Labute approximate surface area is 103 Å². The van der Waals surface area contributed by atoms with Crippen LogP contribution in [0.25, 0.3) is 0 Å². The fourth-order valence-corrected chi connectivity index (χ4v) is 3.39. The van der Waals surface area contributed by atoms with Crippen molar-refractivity contribution in [2.75, 3.05) is 13.2 Å². The molecule has 100 valence electrons. The Morgan fingerprint density at radius 1 is 1.71 bits per heavy atom. The van der Waals surface area contributed by atoms with Gasteiger partial charge < -0.3 is 10.1 Å². The first-order chi connectivity index (χ1) is 7.88. The summed E-state index contributed by atoms with van der Waals surface area (Å²) in [6.45, 7) is 8.15. The van der Waals surface area contributed by atoms with Crippen molar-refractivity contribution in [1.82, 2.24) is 5.32 Å². The quantitative estimate of drug-likeness (QED) is 0.571. The van der Waals surface area contributed by atoms with Crippen molar-refractivity contribution in [2.24, 2.45) is 0 Å². The van der Waals surface area contributed by atoms with E-state index in [1.807, 2.05) is 6.92 Å². The molecule has 6 heteroatoms. The highest BCUT2D eigenvalue weighted by Gasteiger charge is 2.49. The zero-order valence-corrected chi connectivity index (χ0v) is 11.2. The van der Waals surface area contributed by atoms with Gasteiger partial charge in [-0.1, -0.05) is 13.0 Å². The maximum atomic E-state index is 11.4. The Balaban J connectivity index is 3.09. The lowest BCUT2D eigenvalue weighted by molar-refractivity contribution is -0.0988. The number of nitrogens with one attached hydrogen (secondary N) is 1. The van der Waals surface area contributed by atoms with Gasteiger partial charge in [0.05, 0.1) is 6.61 Å². The van der Waals surface area contributed by atoms with E-state index in [0.29, 0.717) is 26.0 Å². The third-order valence-electron chi connectivity index (χ3n) is 3.54. The van der Waals surface area contributed by atoms with Crippen LogP contribution in [0.3, 0.4) is 0 Å². The summed E-state index contributed by atoms with van der Waals surface area (Å²) < 4.78 is 37.7. The summed E-state index contributed by atoms with van der Waals surface area (Å²) in [5, 5.41) is 2.28. The molecule has 0 aromatic rings. The normalized spacial score (nSPS) is 32.1. The van der Waals surface area contributed by atoms with Crippen molar-refractivity contribution in [3.63, 3.8) is 0 Å². The van der Waals surface area contributed by atoms with Crippen molar-refractivity contribution in [1.29, 1.82) is 0 Å². The SMILES string of the molecule is C=CCC1NCCOC1(CC)C(C)S(=O)(=O)O. The number of ether oxygens (including phenoxy) is 1. The Morgan fingerprint density at radius 2 is 2.35 bits per heavy atom. The Morgan fingerprint density at radius 3 is 2.82 bits per heavy atom. The predicted octanol–water partition coefficient (Wildman–Crippen LogP) is 0.976. The van der Waals surface area contributed by atoms with Gasteiger partial charge in [-0.2, -0.15) is 8.42 Å². The molecule has 0 aromatic carbocycles. The average Bonchev–Trinajstić information content (AvgIpc) is 2.28. The molecular weight excluding hydrogens is 242 g/mol. The maximum Gasteiger partial charge on any atom is 0.270 e. The molecule has 0 spiro atoms. The van der Waals surface area contributed by atoms with E-state index >= 15 is 0 Å². The minimum absolute atomic E-state index is 0.143. The molecule has 0 saturated carbocycles. The second-order valence-electron chi connectivity index (χ2n) is 4.35. The third kappa shape index (κ3) is 2.88. The molecule has 5 nitrogen and oxygen atoms in total. The molecule has 1 saturated heterocycles. The van der Waals surface area contributed by atoms with Gasteiger partial charge in [-0.3, -0.25) is 4.55 Å². The molecule has 0 bridgehead atoms. The first kappa shape index (κ1) is 14.6. The lowest BCUT2D eigenvalue weighted by Crippen LogP contribution is -2.64. The van der Waals surface area contributed by atoms with Gasteiger partial charge in [-0.15, -0.1) is 6.58 Å². The van der Waals surface area contributed by atoms with Crippen LogP contribution in [0.15, 0.2) is 12.7 Å². The van der Waals surface area contributed by atoms with Crippen LogP contribution in [-0.4, -0.2) is 43.0 Å². The average molecular weight is 263 g/mol.